The molecule has 2 fully saturated rings. The van der Waals surface area contributed by atoms with Crippen LogP contribution in [0.3, 0.4) is 0 Å². The van der Waals surface area contributed by atoms with Crippen LogP contribution in [0, 0.1) is 11.3 Å². The van der Waals surface area contributed by atoms with E-state index in [0.29, 0.717) is 5.41 Å². The smallest absolute Gasteiger partial charge is 0.0101 e. The first-order valence-electron chi connectivity index (χ1n) is 5.81. The van der Waals surface area contributed by atoms with Gasteiger partial charge in [-0.3, -0.25) is 0 Å². The number of likely N-dealkylation sites (tertiary alicyclic amines) is 1. The van der Waals surface area contributed by atoms with Crippen LogP contribution in [0.2, 0.25) is 0 Å². The fourth-order valence-corrected chi connectivity index (χ4v) is 2.70. The molecular weight excluding hydrogens is 158 g/mol. The molecule has 0 N–H and O–H groups in total. The lowest BCUT2D eigenvalue weighted by Crippen LogP contribution is -2.47. The van der Waals surface area contributed by atoms with E-state index in [0.717, 1.165) is 12.0 Å². The molecule has 0 aromatic rings. The van der Waals surface area contributed by atoms with Crippen LogP contribution in [-0.4, -0.2) is 24.0 Å². The minimum atomic E-state index is 0.552. The Morgan fingerprint density at radius 3 is 2.00 bits per heavy atom. The van der Waals surface area contributed by atoms with Gasteiger partial charge in [-0.15, -0.1) is 0 Å². The molecule has 13 heavy (non-hydrogen) atoms. The van der Waals surface area contributed by atoms with Crippen LogP contribution in [0.1, 0.15) is 46.5 Å². The molecule has 1 nitrogen and oxygen atoms in total. The topological polar surface area (TPSA) is 3.24 Å². The van der Waals surface area contributed by atoms with Crippen molar-refractivity contribution in [3.8, 4) is 0 Å². The average Bonchev–Trinajstić information content (AvgIpc) is 2.31. The highest BCUT2D eigenvalue weighted by atomic mass is 15.2. The van der Waals surface area contributed by atoms with Gasteiger partial charge in [0, 0.05) is 6.04 Å². The summed E-state index contributed by atoms with van der Waals surface area (Å²) in [5, 5.41) is 0. The van der Waals surface area contributed by atoms with Crippen LogP contribution in [0.25, 0.3) is 0 Å². The Labute approximate surface area is 82.5 Å². The van der Waals surface area contributed by atoms with Gasteiger partial charge in [0.25, 0.3) is 0 Å². The third kappa shape index (κ3) is 1.90. The summed E-state index contributed by atoms with van der Waals surface area (Å²) in [6.45, 7) is 9.91. The van der Waals surface area contributed by atoms with E-state index in [9.17, 15) is 0 Å². The third-order valence-electron chi connectivity index (χ3n) is 3.99. The van der Waals surface area contributed by atoms with E-state index in [1.54, 1.807) is 0 Å². The average molecular weight is 181 g/mol. The van der Waals surface area contributed by atoms with Crippen LogP contribution < -0.4 is 0 Å². The summed E-state index contributed by atoms with van der Waals surface area (Å²) in [7, 11) is 0. The van der Waals surface area contributed by atoms with Gasteiger partial charge in [0.2, 0.25) is 0 Å². The molecule has 0 aromatic carbocycles. The molecule has 0 bridgehead atoms. The van der Waals surface area contributed by atoms with Gasteiger partial charge < -0.3 is 4.90 Å². The Morgan fingerprint density at radius 1 is 1.00 bits per heavy atom. The van der Waals surface area contributed by atoms with Crippen molar-refractivity contribution in [1.29, 1.82) is 0 Å². The molecule has 1 saturated carbocycles. The summed E-state index contributed by atoms with van der Waals surface area (Å²) < 4.78 is 0. The Balaban J connectivity index is 1.78. The molecule has 0 unspecified atom stereocenters. The SMILES string of the molecule is CC(C)(C)C1CC(N2CCCC2)C1. The summed E-state index contributed by atoms with van der Waals surface area (Å²) in [5.74, 6) is 0.984. The minimum Gasteiger partial charge on any atom is -0.300 e. The van der Waals surface area contributed by atoms with Gasteiger partial charge >= 0.3 is 0 Å². The Kier molecular flexibility index (Phi) is 2.39. The van der Waals surface area contributed by atoms with E-state index in [1.165, 1.54) is 38.8 Å². The van der Waals surface area contributed by atoms with Crippen molar-refractivity contribution < 1.29 is 0 Å². The first-order chi connectivity index (χ1) is 6.07. The van der Waals surface area contributed by atoms with Gasteiger partial charge in [0.05, 0.1) is 0 Å². The highest BCUT2D eigenvalue weighted by molar-refractivity contribution is 4.93. The van der Waals surface area contributed by atoms with E-state index < -0.39 is 0 Å². The van der Waals surface area contributed by atoms with Crippen molar-refractivity contribution in [2.45, 2.75) is 52.5 Å². The maximum absolute atomic E-state index is 2.71. The summed E-state index contributed by atoms with van der Waals surface area (Å²) in [4.78, 5) is 2.71. The molecule has 0 spiro atoms. The zero-order valence-electron chi connectivity index (χ0n) is 9.34. The van der Waals surface area contributed by atoms with Crippen LogP contribution >= 0.6 is 0 Å². The molecule has 76 valence electrons. The van der Waals surface area contributed by atoms with E-state index in [-0.39, 0.29) is 0 Å². The van der Waals surface area contributed by atoms with Crippen molar-refractivity contribution in [2.24, 2.45) is 11.3 Å². The molecule has 2 rings (SSSR count). The van der Waals surface area contributed by atoms with E-state index in [4.69, 9.17) is 0 Å². The Morgan fingerprint density at radius 2 is 1.54 bits per heavy atom. The Bertz CT molecular complexity index is 168. The molecular formula is C12H23N. The van der Waals surface area contributed by atoms with Gasteiger partial charge in [0.15, 0.2) is 0 Å². The quantitative estimate of drug-likeness (QED) is 0.601. The molecule has 1 aliphatic heterocycles. The number of hydrogen-bond donors (Lipinski definition) is 0. The van der Waals surface area contributed by atoms with Crippen molar-refractivity contribution in [3.05, 3.63) is 0 Å². The first kappa shape index (κ1) is 9.51. The van der Waals surface area contributed by atoms with Gasteiger partial charge in [-0.25, -0.2) is 0 Å². The lowest BCUT2D eigenvalue weighted by Gasteiger charge is -2.47. The number of rotatable bonds is 1. The molecule has 0 amide bonds. The van der Waals surface area contributed by atoms with Crippen LogP contribution in [0.5, 0.6) is 0 Å². The second-order valence-corrected chi connectivity index (χ2v) is 5.93. The number of nitrogens with zero attached hydrogens (tertiary/aromatic N) is 1. The molecule has 2 aliphatic rings. The fourth-order valence-electron chi connectivity index (χ4n) is 2.70. The standard InChI is InChI=1S/C12H23N/c1-12(2,3)10-8-11(9-10)13-6-4-5-7-13/h10-11H,4-9H2,1-3H3. The van der Waals surface area contributed by atoms with E-state index in [2.05, 4.69) is 25.7 Å². The summed E-state index contributed by atoms with van der Waals surface area (Å²) in [6, 6.07) is 0.951. The van der Waals surface area contributed by atoms with Crippen molar-refractivity contribution in [3.63, 3.8) is 0 Å². The predicted molar refractivity (Wildman–Crippen MR) is 56.8 cm³/mol. The fraction of sp³-hybridized carbons (Fsp3) is 1.00. The highest BCUT2D eigenvalue weighted by Crippen LogP contribution is 2.44. The van der Waals surface area contributed by atoms with Crippen LogP contribution in [0.15, 0.2) is 0 Å². The zero-order valence-corrected chi connectivity index (χ0v) is 9.34. The highest BCUT2D eigenvalue weighted by Gasteiger charge is 2.40. The van der Waals surface area contributed by atoms with Crippen LogP contribution in [-0.2, 0) is 0 Å². The monoisotopic (exact) mass is 181 g/mol. The van der Waals surface area contributed by atoms with Gasteiger partial charge in [-0.2, -0.15) is 0 Å². The molecule has 1 heteroatoms. The van der Waals surface area contributed by atoms with Gasteiger partial charge in [0.1, 0.15) is 0 Å². The molecule has 1 saturated heterocycles. The maximum atomic E-state index is 2.71. The molecule has 1 heterocycles. The van der Waals surface area contributed by atoms with Crippen molar-refractivity contribution >= 4 is 0 Å². The maximum Gasteiger partial charge on any atom is 0.0101 e. The zero-order chi connectivity index (χ0) is 9.47. The van der Waals surface area contributed by atoms with Crippen LogP contribution in [0.4, 0.5) is 0 Å². The summed E-state index contributed by atoms with van der Waals surface area (Å²) in [5.41, 5.74) is 0.552. The predicted octanol–water partition coefficient (Wildman–Crippen LogP) is 2.91. The second kappa shape index (κ2) is 3.27. The molecule has 0 aromatic heterocycles. The lowest BCUT2D eigenvalue weighted by atomic mass is 9.65. The van der Waals surface area contributed by atoms with Crippen molar-refractivity contribution in [1.82, 2.24) is 4.90 Å². The van der Waals surface area contributed by atoms with Crippen molar-refractivity contribution in [2.75, 3.05) is 13.1 Å². The molecule has 0 atom stereocenters. The van der Waals surface area contributed by atoms with E-state index >= 15 is 0 Å². The Hall–Kier alpha value is -0.0400. The minimum absolute atomic E-state index is 0.552. The summed E-state index contributed by atoms with van der Waals surface area (Å²) >= 11 is 0. The van der Waals surface area contributed by atoms with Gasteiger partial charge in [-0.05, 0) is 50.1 Å². The first-order valence-corrected chi connectivity index (χ1v) is 5.81. The largest absolute Gasteiger partial charge is 0.300 e. The second-order valence-electron chi connectivity index (χ2n) is 5.93. The van der Waals surface area contributed by atoms with Gasteiger partial charge in [-0.1, -0.05) is 20.8 Å². The number of hydrogen-bond acceptors (Lipinski definition) is 1. The molecule has 0 radical (unpaired) electrons. The van der Waals surface area contributed by atoms with E-state index in [1.807, 2.05) is 0 Å². The normalized spacial score (nSPS) is 36.2. The third-order valence-corrected chi connectivity index (χ3v) is 3.99. The molecule has 1 aliphatic carbocycles. The summed E-state index contributed by atoms with van der Waals surface area (Å²) in [6.07, 6.45) is 5.81. The lowest BCUT2D eigenvalue weighted by molar-refractivity contribution is 0.0334.